The van der Waals surface area contributed by atoms with E-state index in [1.165, 1.54) is 12.3 Å². The predicted molar refractivity (Wildman–Crippen MR) is 78.1 cm³/mol. The Balaban J connectivity index is 2.44. The summed E-state index contributed by atoms with van der Waals surface area (Å²) in [6.07, 6.45) is 2.31. The van der Waals surface area contributed by atoms with Crippen LogP contribution < -0.4 is 0 Å². The number of esters is 1. The summed E-state index contributed by atoms with van der Waals surface area (Å²) in [4.78, 5) is 15.6. The molecule has 0 aliphatic heterocycles. The Hall–Kier alpha value is -2.88. The van der Waals surface area contributed by atoms with Crippen LogP contribution in [0.5, 0.6) is 0 Å². The second-order valence-corrected chi connectivity index (χ2v) is 5.13. The maximum Gasteiger partial charge on any atom is 0.323 e. The molecule has 0 aliphatic rings. The van der Waals surface area contributed by atoms with Crippen LogP contribution in [0.25, 0.3) is 0 Å². The van der Waals surface area contributed by atoms with Crippen molar-refractivity contribution in [1.82, 2.24) is 4.98 Å². The molecule has 2 rings (SSSR count). The lowest BCUT2D eigenvalue weighted by Crippen LogP contribution is -2.24. The Morgan fingerprint density at radius 3 is 2.58 bits per heavy atom. The van der Waals surface area contributed by atoms with Crippen LogP contribution in [0.3, 0.4) is 0 Å². The first-order chi connectivity index (χ1) is 11.5. The lowest BCUT2D eigenvalue weighted by Gasteiger charge is -2.21. The van der Waals surface area contributed by atoms with Gasteiger partial charge in [0, 0.05) is 12.1 Å². The van der Waals surface area contributed by atoms with Gasteiger partial charge in [-0.15, -0.1) is 0 Å². The first-order valence-electron chi connectivity index (χ1n) is 6.98. The zero-order valence-corrected chi connectivity index (χ0v) is 12.7. The minimum atomic E-state index is -1.24. The number of benzene rings is 1. The van der Waals surface area contributed by atoms with Crippen LogP contribution in [-0.2, 0) is 16.0 Å². The third-order valence-corrected chi connectivity index (χ3v) is 3.59. The molecule has 0 amide bonds. The molecule has 2 atom stereocenters. The normalized spacial score (nSPS) is 13.0. The van der Waals surface area contributed by atoms with Gasteiger partial charge in [-0.25, -0.2) is 13.2 Å². The molecule has 1 heterocycles. The second kappa shape index (κ2) is 7.59. The highest BCUT2D eigenvalue weighted by Crippen LogP contribution is 2.30. The number of carbonyl (C=O) groups excluding carboxylic acids is 1. The van der Waals surface area contributed by atoms with Crippen molar-refractivity contribution in [3.05, 3.63) is 65.2 Å². The van der Waals surface area contributed by atoms with Crippen molar-refractivity contribution >= 4 is 5.97 Å². The minimum absolute atomic E-state index is 0.00958. The molecule has 1 aromatic heterocycles. The molecular formula is C17H13F3N2O2. The molecule has 1 aromatic carbocycles. The van der Waals surface area contributed by atoms with E-state index in [0.29, 0.717) is 5.56 Å². The van der Waals surface area contributed by atoms with Crippen molar-refractivity contribution in [1.29, 1.82) is 5.26 Å². The Morgan fingerprint density at radius 1 is 1.25 bits per heavy atom. The number of nitrogens with zero attached hydrogens (tertiary/aromatic N) is 2. The van der Waals surface area contributed by atoms with Crippen LogP contribution in [0.2, 0.25) is 0 Å². The maximum absolute atomic E-state index is 13.5. The third-order valence-electron chi connectivity index (χ3n) is 3.59. The van der Waals surface area contributed by atoms with Crippen LogP contribution >= 0.6 is 0 Å². The van der Waals surface area contributed by atoms with Gasteiger partial charge in [0.25, 0.3) is 0 Å². The van der Waals surface area contributed by atoms with E-state index in [0.717, 1.165) is 31.5 Å². The zero-order valence-electron chi connectivity index (χ0n) is 12.7. The van der Waals surface area contributed by atoms with Crippen LogP contribution in [0, 0.1) is 34.7 Å². The van der Waals surface area contributed by atoms with Crippen LogP contribution in [-0.4, -0.2) is 18.1 Å². The quantitative estimate of drug-likeness (QED) is 0.788. The standard InChI is InChI=1S/C17H13F3N2O2/c1-24-17(23)14(7-21)13(11-6-12(18)9-22-8-11)4-10-2-3-15(19)16(20)5-10/h2-3,5-6,8-9,13-14H,4H2,1H3. The van der Waals surface area contributed by atoms with Crippen molar-refractivity contribution in [3.63, 3.8) is 0 Å². The van der Waals surface area contributed by atoms with Crippen LogP contribution in [0.15, 0.2) is 36.7 Å². The average Bonchev–Trinajstić information content (AvgIpc) is 2.57. The molecule has 2 aromatic rings. The molecular weight excluding hydrogens is 321 g/mol. The van der Waals surface area contributed by atoms with Gasteiger partial charge in [-0.3, -0.25) is 9.78 Å². The van der Waals surface area contributed by atoms with Gasteiger partial charge in [0.05, 0.1) is 19.4 Å². The molecule has 7 heteroatoms. The van der Waals surface area contributed by atoms with Gasteiger partial charge in [-0.1, -0.05) is 6.07 Å². The number of hydrogen-bond donors (Lipinski definition) is 0. The van der Waals surface area contributed by atoms with Crippen molar-refractivity contribution in [2.45, 2.75) is 12.3 Å². The monoisotopic (exact) mass is 334 g/mol. The molecule has 0 aliphatic carbocycles. The minimum Gasteiger partial charge on any atom is -0.468 e. The maximum atomic E-state index is 13.5. The number of pyridine rings is 1. The molecule has 24 heavy (non-hydrogen) atoms. The lowest BCUT2D eigenvalue weighted by molar-refractivity contribution is -0.144. The van der Waals surface area contributed by atoms with E-state index < -0.39 is 35.3 Å². The molecule has 0 N–H and O–H groups in total. The molecule has 0 saturated heterocycles. The smallest absolute Gasteiger partial charge is 0.323 e. The summed E-state index contributed by atoms with van der Waals surface area (Å²) in [5.41, 5.74) is 0.643. The number of ether oxygens (including phenoxy) is 1. The van der Waals surface area contributed by atoms with Crippen molar-refractivity contribution in [3.8, 4) is 6.07 Å². The van der Waals surface area contributed by atoms with Gasteiger partial charge in [-0.2, -0.15) is 5.26 Å². The Morgan fingerprint density at radius 2 is 2.00 bits per heavy atom. The first kappa shape index (κ1) is 17.5. The van der Waals surface area contributed by atoms with Gasteiger partial charge in [-0.05, 0) is 35.7 Å². The summed E-state index contributed by atoms with van der Waals surface area (Å²) >= 11 is 0. The lowest BCUT2D eigenvalue weighted by atomic mass is 9.82. The summed E-state index contributed by atoms with van der Waals surface area (Å²) in [7, 11) is 1.13. The molecule has 0 bridgehead atoms. The summed E-state index contributed by atoms with van der Waals surface area (Å²) in [5.74, 6) is -5.55. The highest BCUT2D eigenvalue weighted by Gasteiger charge is 2.31. The van der Waals surface area contributed by atoms with Crippen molar-refractivity contribution < 1.29 is 22.7 Å². The number of rotatable bonds is 5. The van der Waals surface area contributed by atoms with Gasteiger partial charge in [0.1, 0.15) is 5.82 Å². The summed E-state index contributed by atoms with van der Waals surface area (Å²) < 4.78 is 44.5. The molecule has 124 valence electrons. The Labute approximate surface area is 136 Å². The molecule has 0 fully saturated rings. The highest BCUT2D eigenvalue weighted by molar-refractivity contribution is 5.76. The largest absolute Gasteiger partial charge is 0.468 e. The van der Waals surface area contributed by atoms with Crippen LogP contribution in [0.1, 0.15) is 17.0 Å². The molecule has 4 nitrogen and oxygen atoms in total. The Kier molecular flexibility index (Phi) is 5.53. The fourth-order valence-corrected chi connectivity index (χ4v) is 2.41. The second-order valence-electron chi connectivity index (χ2n) is 5.13. The third kappa shape index (κ3) is 3.90. The van der Waals surface area contributed by atoms with E-state index >= 15 is 0 Å². The van der Waals surface area contributed by atoms with E-state index in [9.17, 15) is 23.2 Å². The summed E-state index contributed by atoms with van der Waals surface area (Å²) in [6, 6.07) is 6.23. The fourth-order valence-electron chi connectivity index (χ4n) is 2.41. The van der Waals surface area contributed by atoms with E-state index in [1.54, 1.807) is 0 Å². The van der Waals surface area contributed by atoms with E-state index in [-0.39, 0.29) is 12.0 Å². The van der Waals surface area contributed by atoms with E-state index in [1.807, 2.05) is 6.07 Å². The van der Waals surface area contributed by atoms with Gasteiger partial charge >= 0.3 is 5.97 Å². The molecule has 0 saturated carbocycles. The number of carbonyl (C=O) groups is 1. The SMILES string of the molecule is COC(=O)C(C#N)C(Cc1ccc(F)c(F)c1)c1cncc(F)c1. The first-order valence-corrected chi connectivity index (χ1v) is 6.98. The van der Waals surface area contributed by atoms with Crippen molar-refractivity contribution in [2.24, 2.45) is 5.92 Å². The number of methoxy groups -OCH3 is 1. The summed E-state index contributed by atoms with van der Waals surface area (Å²) in [6.45, 7) is 0. The number of nitriles is 1. The van der Waals surface area contributed by atoms with Gasteiger partial charge in [0.15, 0.2) is 17.6 Å². The number of aromatic nitrogens is 1. The van der Waals surface area contributed by atoms with E-state index in [2.05, 4.69) is 9.72 Å². The van der Waals surface area contributed by atoms with Crippen LogP contribution in [0.4, 0.5) is 13.2 Å². The number of hydrogen-bond acceptors (Lipinski definition) is 4. The average molecular weight is 334 g/mol. The molecule has 2 unspecified atom stereocenters. The fraction of sp³-hybridized carbons (Fsp3) is 0.235. The Bertz CT molecular complexity index is 790. The van der Waals surface area contributed by atoms with Gasteiger partial charge in [0.2, 0.25) is 0 Å². The zero-order chi connectivity index (χ0) is 17.7. The summed E-state index contributed by atoms with van der Waals surface area (Å²) in [5, 5.41) is 9.31. The topological polar surface area (TPSA) is 63.0 Å². The van der Waals surface area contributed by atoms with Crippen molar-refractivity contribution in [2.75, 3.05) is 7.11 Å². The number of halogens is 3. The predicted octanol–water partition coefficient (Wildman–Crippen LogP) is 3.14. The highest BCUT2D eigenvalue weighted by atomic mass is 19.2. The van der Waals surface area contributed by atoms with E-state index in [4.69, 9.17) is 0 Å². The van der Waals surface area contributed by atoms with Gasteiger partial charge < -0.3 is 4.74 Å². The molecule has 0 radical (unpaired) electrons. The molecule has 0 spiro atoms.